The molecule has 1 aromatic heterocycles. The van der Waals surface area contributed by atoms with E-state index < -0.39 is 0 Å². The Morgan fingerprint density at radius 2 is 2.36 bits per heavy atom. The van der Waals surface area contributed by atoms with Gasteiger partial charge in [0.1, 0.15) is 5.75 Å². The Hall–Kier alpha value is -2.28. The second-order valence-electron chi connectivity index (χ2n) is 6.06. The lowest BCUT2D eigenvalue weighted by molar-refractivity contribution is 0.415. The number of nitrogens with one attached hydrogen (secondary N) is 2. The molecule has 2 heterocycles. The van der Waals surface area contributed by atoms with Gasteiger partial charge in [0, 0.05) is 42.8 Å². The molecule has 0 amide bonds. The van der Waals surface area contributed by atoms with Crippen molar-refractivity contribution in [1.29, 1.82) is 0 Å². The van der Waals surface area contributed by atoms with Crippen molar-refractivity contribution in [2.75, 3.05) is 32.1 Å². The van der Waals surface area contributed by atoms with Gasteiger partial charge >= 0.3 is 0 Å². The van der Waals surface area contributed by atoms with E-state index in [9.17, 15) is 0 Å². The van der Waals surface area contributed by atoms with E-state index in [1.54, 1.807) is 18.4 Å². The third kappa shape index (κ3) is 4.42. The summed E-state index contributed by atoms with van der Waals surface area (Å²) in [4.78, 5) is 12.2. The van der Waals surface area contributed by atoms with E-state index in [2.05, 4.69) is 37.6 Å². The van der Waals surface area contributed by atoms with Crippen LogP contribution in [0, 0.1) is 6.92 Å². The summed E-state index contributed by atoms with van der Waals surface area (Å²) in [6, 6.07) is 8.60. The molecule has 2 N–H and O–H groups in total. The van der Waals surface area contributed by atoms with Crippen LogP contribution in [0.2, 0.25) is 0 Å². The molecule has 1 unspecified atom stereocenters. The zero-order valence-corrected chi connectivity index (χ0v) is 15.8. The van der Waals surface area contributed by atoms with Crippen LogP contribution in [0.4, 0.5) is 5.69 Å². The summed E-state index contributed by atoms with van der Waals surface area (Å²) in [7, 11) is 3.51. The van der Waals surface area contributed by atoms with Crippen LogP contribution in [0.15, 0.2) is 34.8 Å². The number of benzene rings is 1. The quantitative estimate of drug-likeness (QED) is 0.634. The Bertz CT molecular complexity index is 730. The number of nitrogens with zero attached hydrogens (tertiary/aromatic N) is 3. The second-order valence-corrected chi connectivity index (χ2v) is 7.00. The van der Waals surface area contributed by atoms with Gasteiger partial charge in [-0.1, -0.05) is 6.07 Å². The topological polar surface area (TPSA) is 61.8 Å². The van der Waals surface area contributed by atoms with E-state index in [-0.39, 0.29) is 0 Å². The van der Waals surface area contributed by atoms with Crippen LogP contribution in [0.3, 0.4) is 0 Å². The average Bonchev–Trinajstić information content (AvgIpc) is 3.27. The molecular formula is C18H25N5OS. The minimum absolute atomic E-state index is 0.375. The maximum absolute atomic E-state index is 5.32. The molecule has 0 bridgehead atoms. The lowest BCUT2D eigenvalue weighted by Crippen LogP contribution is -2.44. The minimum Gasteiger partial charge on any atom is -0.497 e. The van der Waals surface area contributed by atoms with Crippen molar-refractivity contribution in [2.45, 2.75) is 25.9 Å². The third-order valence-electron chi connectivity index (χ3n) is 4.43. The molecule has 0 saturated carbocycles. The lowest BCUT2D eigenvalue weighted by Gasteiger charge is -2.20. The maximum atomic E-state index is 5.32. The summed E-state index contributed by atoms with van der Waals surface area (Å²) in [6.45, 7) is 4.76. The second kappa shape index (κ2) is 8.20. The summed E-state index contributed by atoms with van der Waals surface area (Å²) in [5.74, 6) is 1.73. The van der Waals surface area contributed by atoms with Crippen molar-refractivity contribution in [3.8, 4) is 5.75 Å². The van der Waals surface area contributed by atoms with Crippen molar-refractivity contribution < 1.29 is 4.74 Å². The van der Waals surface area contributed by atoms with E-state index in [1.807, 2.05) is 31.6 Å². The number of methoxy groups -OCH3 is 1. The van der Waals surface area contributed by atoms with E-state index in [0.29, 0.717) is 6.04 Å². The van der Waals surface area contributed by atoms with Crippen LogP contribution in [-0.2, 0) is 6.54 Å². The predicted molar refractivity (Wildman–Crippen MR) is 104 cm³/mol. The molecule has 1 aliphatic heterocycles. The Labute approximate surface area is 152 Å². The Kier molecular flexibility index (Phi) is 5.75. The highest BCUT2D eigenvalue weighted by atomic mass is 32.1. The number of rotatable bonds is 5. The van der Waals surface area contributed by atoms with Crippen LogP contribution in [0.5, 0.6) is 5.75 Å². The fourth-order valence-corrected chi connectivity index (χ4v) is 3.68. The third-order valence-corrected chi connectivity index (χ3v) is 5.37. The summed E-state index contributed by atoms with van der Waals surface area (Å²) in [5.41, 5.74) is 4.16. The molecule has 1 saturated heterocycles. The van der Waals surface area contributed by atoms with Crippen LogP contribution >= 0.6 is 11.3 Å². The lowest BCUT2D eigenvalue weighted by atomic mass is 10.2. The number of aryl methyl sites for hydroxylation is 1. The van der Waals surface area contributed by atoms with Gasteiger partial charge in [-0.2, -0.15) is 0 Å². The van der Waals surface area contributed by atoms with Crippen molar-refractivity contribution in [3.05, 3.63) is 40.3 Å². The molecular weight excluding hydrogens is 334 g/mol. The zero-order chi connectivity index (χ0) is 17.6. The Balaban J connectivity index is 1.53. The minimum atomic E-state index is 0.375. The van der Waals surface area contributed by atoms with E-state index in [4.69, 9.17) is 4.74 Å². The number of hydrogen-bond donors (Lipinski definition) is 2. The summed E-state index contributed by atoms with van der Waals surface area (Å²) in [5, 5.41) is 6.91. The molecule has 134 valence electrons. The first-order valence-electron chi connectivity index (χ1n) is 8.44. The van der Waals surface area contributed by atoms with Gasteiger partial charge < -0.3 is 20.3 Å². The number of hydrogen-bond acceptors (Lipinski definition) is 5. The van der Waals surface area contributed by atoms with Gasteiger partial charge in [-0.05, 0) is 25.5 Å². The molecule has 6 nitrogen and oxygen atoms in total. The highest BCUT2D eigenvalue weighted by molar-refractivity contribution is 7.09. The molecule has 0 radical (unpaired) electrons. The first kappa shape index (κ1) is 17.5. The Morgan fingerprint density at radius 1 is 1.48 bits per heavy atom. The number of guanidine groups is 1. The van der Waals surface area contributed by atoms with Gasteiger partial charge in [-0.3, -0.25) is 4.99 Å². The molecule has 2 aromatic rings. The van der Waals surface area contributed by atoms with Gasteiger partial charge in [0.25, 0.3) is 0 Å². The van der Waals surface area contributed by atoms with Gasteiger partial charge in [-0.15, -0.1) is 11.3 Å². The molecule has 1 fully saturated rings. The highest BCUT2D eigenvalue weighted by Crippen LogP contribution is 2.24. The SMILES string of the molecule is CN=C(NCc1scnc1C)NC1CCN(c2cccc(OC)c2)C1. The van der Waals surface area contributed by atoms with Crippen LogP contribution < -0.4 is 20.3 Å². The summed E-state index contributed by atoms with van der Waals surface area (Å²) < 4.78 is 5.32. The number of thiazole rings is 1. The molecule has 1 aromatic carbocycles. The van der Waals surface area contributed by atoms with Crippen LogP contribution in [-0.4, -0.2) is 44.2 Å². The molecule has 7 heteroatoms. The zero-order valence-electron chi connectivity index (χ0n) is 15.0. The van der Waals surface area contributed by atoms with E-state index >= 15 is 0 Å². The van der Waals surface area contributed by atoms with E-state index in [1.165, 1.54) is 10.6 Å². The van der Waals surface area contributed by atoms with Gasteiger partial charge in [-0.25, -0.2) is 4.98 Å². The number of anilines is 1. The molecule has 3 rings (SSSR count). The first-order valence-corrected chi connectivity index (χ1v) is 9.32. The van der Waals surface area contributed by atoms with Crippen molar-refractivity contribution in [2.24, 2.45) is 4.99 Å². The Morgan fingerprint density at radius 3 is 3.08 bits per heavy atom. The fraction of sp³-hybridized carbons (Fsp3) is 0.444. The average molecular weight is 359 g/mol. The van der Waals surface area contributed by atoms with Gasteiger partial charge in [0.15, 0.2) is 5.96 Å². The monoisotopic (exact) mass is 359 g/mol. The van der Waals surface area contributed by atoms with Crippen LogP contribution in [0.25, 0.3) is 0 Å². The van der Waals surface area contributed by atoms with Crippen molar-refractivity contribution in [3.63, 3.8) is 0 Å². The van der Waals surface area contributed by atoms with E-state index in [0.717, 1.165) is 43.5 Å². The maximum Gasteiger partial charge on any atom is 0.191 e. The standard InChI is InChI=1S/C18H25N5OS/c1-13-17(25-12-21-13)10-20-18(19-2)22-14-7-8-23(11-14)15-5-4-6-16(9-15)24-3/h4-6,9,12,14H,7-8,10-11H2,1-3H3,(H2,19,20,22). The predicted octanol–water partition coefficient (Wildman–Crippen LogP) is 2.40. The normalized spacial score (nSPS) is 17.6. The number of ether oxygens (including phenoxy) is 1. The first-order chi connectivity index (χ1) is 12.2. The molecule has 0 spiro atoms. The number of aliphatic imine (C=N–C) groups is 1. The van der Waals surface area contributed by atoms with Crippen molar-refractivity contribution in [1.82, 2.24) is 15.6 Å². The molecule has 25 heavy (non-hydrogen) atoms. The van der Waals surface area contributed by atoms with Crippen LogP contribution in [0.1, 0.15) is 17.0 Å². The molecule has 1 aliphatic rings. The fourth-order valence-electron chi connectivity index (χ4n) is 2.97. The number of aromatic nitrogens is 1. The largest absolute Gasteiger partial charge is 0.497 e. The summed E-state index contributed by atoms with van der Waals surface area (Å²) >= 11 is 1.67. The smallest absolute Gasteiger partial charge is 0.191 e. The molecule has 0 aliphatic carbocycles. The van der Waals surface area contributed by atoms with Gasteiger partial charge in [0.2, 0.25) is 0 Å². The summed E-state index contributed by atoms with van der Waals surface area (Å²) in [6.07, 6.45) is 1.08. The highest BCUT2D eigenvalue weighted by Gasteiger charge is 2.23. The van der Waals surface area contributed by atoms with Crippen molar-refractivity contribution >= 4 is 23.0 Å². The molecule has 1 atom stereocenters. The van der Waals surface area contributed by atoms with Gasteiger partial charge in [0.05, 0.1) is 24.9 Å².